The molecule has 2 nitrogen and oxygen atoms in total. The maximum atomic E-state index is 5.93. The van der Waals surface area contributed by atoms with Crippen molar-refractivity contribution >= 4 is 11.6 Å². The highest BCUT2D eigenvalue weighted by Gasteiger charge is 2.25. The summed E-state index contributed by atoms with van der Waals surface area (Å²) in [5.41, 5.74) is 1.38. The second-order valence-corrected chi connectivity index (χ2v) is 5.88. The van der Waals surface area contributed by atoms with E-state index >= 15 is 0 Å². The third-order valence-corrected chi connectivity index (χ3v) is 4.43. The molecule has 0 aliphatic carbocycles. The van der Waals surface area contributed by atoms with Gasteiger partial charge >= 0.3 is 0 Å². The highest BCUT2D eigenvalue weighted by Crippen LogP contribution is 2.14. The zero-order valence-corrected chi connectivity index (χ0v) is 12.8. The molecule has 1 fully saturated rings. The van der Waals surface area contributed by atoms with Crippen molar-refractivity contribution in [2.75, 3.05) is 19.6 Å². The summed E-state index contributed by atoms with van der Waals surface area (Å²) in [4.78, 5) is 2.65. The van der Waals surface area contributed by atoms with Crippen LogP contribution in [0.15, 0.2) is 24.3 Å². The third-order valence-electron chi connectivity index (χ3n) is 4.18. The first-order valence-corrected chi connectivity index (χ1v) is 7.82. The third kappa shape index (κ3) is 4.20. The van der Waals surface area contributed by atoms with Crippen LogP contribution in [0.3, 0.4) is 0 Å². The van der Waals surface area contributed by atoms with Crippen LogP contribution in [0.4, 0.5) is 0 Å². The van der Waals surface area contributed by atoms with Crippen LogP contribution in [0.5, 0.6) is 0 Å². The van der Waals surface area contributed by atoms with Gasteiger partial charge in [0.1, 0.15) is 0 Å². The van der Waals surface area contributed by atoms with Crippen LogP contribution in [0.2, 0.25) is 5.02 Å². The van der Waals surface area contributed by atoms with Crippen LogP contribution in [0.1, 0.15) is 32.3 Å². The zero-order valence-electron chi connectivity index (χ0n) is 12.0. The first-order chi connectivity index (χ1) is 9.22. The van der Waals surface area contributed by atoms with Crippen molar-refractivity contribution in [1.29, 1.82) is 0 Å². The molecule has 0 saturated carbocycles. The molecule has 0 bridgehead atoms. The highest BCUT2D eigenvalue weighted by molar-refractivity contribution is 6.30. The molecular formula is C16H25ClN2. The van der Waals surface area contributed by atoms with E-state index in [1.165, 1.54) is 24.9 Å². The fraction of sp³-hybridized carbons (Fsp3) is 0.625. The topological polar surface area (TPSA) is 15.3 Å². The molecule has 1 aromatic carbocycles. The molecule has 19 heavy (non-hydrogen) atoms. The quantitative estimate of drug-likeness (QED) is 0.890. The van der Waals surface area contributed by atoms with Crippen LogP contribution in [0, 0.1) is 0 Å². The van der Waals surface area contributed by atoms with Gasteiger partial charge in [0, 0.05) is 36.7 Å². The Labute approximate surface area is 122 Å². The number of halogens is 1. The fourth-order valence-electron chi connectivity index (χ4n) is 2.80. The van der Waals surface area contributed by atoms with Gasteiger partial charge in [-0.1, -0.05) is 37.6 Å². The van der Waals surface area contributed by atoms with Gasteiger partial charge in [0.2, 0.25) is 0 Å². The lowest BCUT2D eigenvalue weighted by Gasteiger charge is -2.40. The van der Waals surface area contributed by atoms with Gasteiger partial charge in [-0.25, -0.2) is 0 Å². The molecule has 1 aliphatic rings. The van der Waals surface area contributed by atoms with Gasteiger partial charge in [-0.3, -0.25) is 4.90 Å². The number of nitrogens with one attached hydrogen (secondary N) is 1. The Hall–Kier alpha value is -0.570. The van der Waals surface area contributed by atoms with E-state index in [0.29, 0.717) is 12.1 Å². The number of hydrogen-bond donors (Lipinski definition) is 1. The molecule has 2 rings (SSSR count). The van der Waals surface area contributed by atoms with E-state index in [1.54, 1.807) is 0 Å². The van der Waals surface area contributed by atoms with Crippen molar-refractivity contribution in [3.05, 3.63) is 34.9 Å². The Kier molecular flexibility index (Phi) is 5.68. The molecule has 0 amide bonds. The molecule has 3 heteroatoms. The minimum absolute atomic E-state index is 0.660. The summed E-state index contributed by atoms with van der Waals surface area (Å²) in [7, 11) is 0. The SMILES string of the molecule is CCC1CN(CCc2ccc(Cl)cc2)C(CC)CN1. The second-order valence-electron chi connectivity index (χ2n) is 5.45. The molecule has 1 saturated heterocycles. The molecule has 106 valence electrons. The van der Waals surface area contributed by atoms with E-state index in [-0.39, 0.29) is 0 Å². The maximum Gasteiger partial charge on any atom is 0.0406 e. The number of rotatable bonds is 5. The summed E-state index contributed by atoms with van der Waals surface area (Å²) >= 11 is 5.93. The van der Waals surface area contributed by atoms with Gasteiger partial charge in [-0.15, -0.1) is 0 Å². The van der Waals surface area contributed by atoms with Crippen LogP contribution >= 0.6 is 11.6 Å². The van der Waals surface area contributed by atoms with Gasteiger partial charge < -0.3 is 5.32 Å². The molecule has 0 radical (unpaired) electrons. The zero-order chi connectivity index (χ0) is 13.7. The minimum atomic E-state index is 0.660. The number of nitrogens with zero attached hydrogens (tertiary/aromatic N) is 1. The summed E-state index contributed by atoms with van der Waals surface area (Å²) in [6.45, 7) is 8.02. The monoisotopic (exact) mass is 280 g/mol. The lowest BCUT2D eigenvalue weighted by molar-refractivity contribution is 0.126. The Morgan fingerprint density at radius 3 is 2.58 bits per heavy atom. The van der Waals surface area contributed by atoms with E-state index in [2.05, 4.69) is 36.2 Å². The Morgan fingerprint density at radius 2 is 1.95 bits per heavy atom. The van der Waals surface area contributed by atoms with E-state index < -0.39 is 0 Å². The van der Waals surface area contributed by atoms with Crippen molar-refractivity contribution in [1.82, 2.24) is 10.2 Å². The molecule has 0 spiro atoms. The molecule has 2 atom stereocenters. The largest absolute Gasteiger partial charge is 0.311 e. The summed E-state index contributed by atoms with van der Waals surface area (Å²) in [5.74, 6) is 0. The molecule has 0 aromatic heterocycles. The van der Waals surface area contributed by atoms with Crippen LogP contribution in [-0.2, 0) is 6.42 Å². The van der Waals surface area contributed by atoms with Gasteiger partial charge in [0.15, 0.2) is 0 Å². The van der Waals surface area contributed by atoms with Gasteiger partial charge in [-0.05, 0) is 37.0 Å². The lowest BCUT2D eigenvalue weighted by Crippen LogP contribution is -2.56. The molecular weight excluding hydrogens is 256 g/mol. The van der Waals surface area contributed by atoms with Crippen LogP contribution < -0.4 is 5.32 Å². The predicted octanol–water partition coefficient (Wildman–Crippen LogP) is 3.34. The average Bonchev–Trinajstić information content (AvgIpc) is 2.46. The van der Waals surface area contributed by atoms with Crippen LogP contribution in [-0.4, -0.2) is 36.6 Å². The number of benzene rings is 1. The Morgan fingerprint density at radius 1 is 1.21 bits per heavy atom. The Bertz CT molecular complexity index is 377. The van der Waals surface area contributed by atoms with Crippen LogP contribution in [0.25, 0.3) is 0 Å². The van der Waals surface area contributed by atoms with Gasteiger partial charge in [0.05, 0.1) is 0 Å². The van der Waals surface area contributed by atoms with Crippen molar-refractivity contribution in [3.63, 3.8) is 0 Å². The molecule has 1 aliphatic heterocycles. The van der Waals surface area contributed by atoms with Gasteiger partial charge in [-0.2, -0.15) is 0 Å². The Balaban J connectivity index is 1.90. The first-order valence-electron chi connectivity index (χ1n) is 7.44. The van der Waals surface area contributed by atoms with Crippen molar-refractivity contribution < 1.29 is 0 Å². The fourth-order valence-corrected chi connectivity index (χ4v) is 2.93. The second kappa shape index (κ2) is 7.28. The molecule has 1 heterocycles. The highest BCUT2D eigenvalue weighted by atomic mass is 35.5. The predicted molar refractivity (Wildman–Crippen MR) is 82.9 cm³/mol. The smallest absolute Gasteiger partial charge is 0.0406 e. The van der Waals surface area contributed by atoms with Crippen molar-refractivity contribution in [2.45, 2.75) is 45.2 Å². The molecule has 1 aromatic rings. The first kappa shape index (κ1) is 14.8. The summed E-state index contributed by atoms with van der Waals surface area (Å²) < 4.78 is 0. The lowest BCUT2D eigenvalue weighted by atomic mass is 10.0. The summed E-state index contributed by atoms with van der Waals surface area (Å²) in [5, 5.41) is 4.47. The number of hydrogen-bond acceptors (Lipinski definition) is 2. The average molecular weight is 281 g/mol. The number of piperazine rings is 1. The van der Waals surface area contributed by atoms with Crippen molar-refractivity contribution in [2.24, 2.45) is 0 Å². The summed E-state index contributed by atoms with van der Waals surface area (Å²) in [6.07, 6.45) is 3.56. The van der Waals surface area contributed by atoms with E-state index in [9.17, 15) is 0 Å². The van der Waals surface area contributed by atoms with E-state index in [0.717, 1.165) is 24.5 Å². The van der Waals surface area contributed by atoms with E-state index in [1.807, 2.05) is 12.1 Å². The van der Waals surface area contributed by atoms with Gasteiger partial charge in [0.25, 0.3) is 0 Å². The normalized spacial score (nSPS) is 24.6. The maximum absolute atomic E-state index is 5.93. The van der Waals surface area contributed by atoms with E-state index in [4.69, 9.17) is 11.6 Å². The minimum Gasteiger partial charge on any atom is -0.311 e. The van der Waals surface area contributed by atoms with Crippen molar-refractivity contribution in [3.8, 4) is 0 Å². The molecule has 1 N–H and O–H groups in total. The molecule has 2 unspecified atom stereocenters. The summed E-state index contributed by atoms with van der Waals surface area (Å²) in [6, 6.07) is 9.61. The standard InChI is InChI=1S/C16H25ClN2/c1-3-15-12-19(16(4-2)11-18-15)10-9-13-5-7-14(17)8-6-13/h5-8,15-16,18H,3-4,9-12H2,1-2H3.